The van der Waals surface area contributed by atoms with Crippen LogP contribution in [0.4, 0.5) is 10.8 Å². The maximum Gasteiger partial charge on any atom is 0.236 e. The summed E-state index contributed by atoms with van der Waals surface area (Å²) in [6, 6.07) is 6.31. The Morgan fingerprint density at radius 1 is 1.17 bits per heavy atom. The minimum Gasteiger partial charge on any atom is -0.378 e. The van der Waals surface area contributed by atoms with Gasteiger partial charge in [-0.25, -0.2) is 0 Å². The van der Waals surface area contributed by atoms with Crippen LogP contribution in [0.1, 0.15) is 35.8 Å². The molecule has 0 atom stereocenters. The number of thioether (sulfide) groups is 1. The van der Waals surface area contributed by atoms with Crippen LogP contribution in [0.15, 0.2) is 23.4 Å². The Bertz CT molecular complexity index is 983. The average molecular weight is 432 g/mol. The first-order valence-electron chi connectivity index (χ1n) is 9.48. The van der Waals surface area contributed by atoms with E-state index in [4.69, 9.17) is 0 Å². The molecule has 0 spiro atoms. The van der Waals surface area contributed by atoms with Crippen LogP contribution < -0.4 is 10.6 Å². The van der Waals surface area contributed by atoms with E-state index < -0.39 is 0 Å². The van der Waals surface area contributed by atoms with Gasteiger partial charge < -0.3 is 9.88 Å². The number of benzene rings is 1. The molecule has 3 aromatic rings. The summed E-state index contributed by atoms with van der Waals surface area (Å²) in [5, 5.41) is 24.9. The summed E-state index contributed by atoms with van der Waals surface area (Å²) in [7, 11) is 0. The second-order valence-corrected chi connectivity index (χ2v) is 8.51. The maximum absolute atomic E-state index is 12.2. The fraction of sp³-hybridized carbons (Fsp3) is 0.421. The Morgan fingerprint density at radius 3 is 2.69 bits per heavy atom. The molecule has 3 rings (SSSR count). The highest BCUT2D eigenvalue weighted by Gasteiger charge is 2.14. The lowest BCUT2D eigenvalue weighted by molar-refractivity contribution is -0.113. The van der Waals surface area contributed by atoms with Crippen molar-refractivity contribution in [1.29, 1.82) is 0 Å². The number of amides is 1. The van der Waals surface area contributed by atoms with Crippen molar-refractivity contribution in [2.45, 2.75) is 52.4 Å². The average Bonchev–Trinajstić information content (AvgIpc) is 3.31. The predicted molar refractivity (Wildman–Crippen MR) is 118 cm³/mol. The fourth-order valence-electron chi connectivity index (χ4n) is 2.79. The number of hydrogen-bond donors (Lipinski definition) is 2. The molecule has 29 heavy (non-hydrogen) atoms. The molecule has 2 heterocycles. The maximum atomic E-state index is 12.2. The quantitative estimate of drug-likeness (QED) is 0.499. The molecule has 0 unspecified atom stereocenters. The largest absolute Gasteiger partial charge is 0.378 e. The van der Waals surface area contributed by atoms with Crippen LogP contribution in [0.3, 0.4) is 0 Å². The van der Waals surface area contributed by atoms with Gasteiger partial charge in [-0.1, -0.05) is 47.7 Å². The van der Waals surface area contributed by atoms with Crippen LogP contribution >= 0.6 is 23.1 Å². The van der Waals surface area contributed by atoms with Crippen LogP contribution in [0.2, 0.25) is 0 Å². The molecule has 0 aliphatic carbocycles. The Morgan fingerprint density at radius 2 is 2.00 bits per heavy atom. The van der Waals surface area contributed by atoms with Gasteiger partial charge in [0.2, 0.25) is 11.0 Å². The molecule has 0 radical (unpaired) electrons. The first kappa shape index (κ1) is 21.3. The molecule has 0 fully saturated rings. The van der Waals surface area contributed by atoms with E-state index in [1.54, 1.807) is 0 Å². The summed E-state index contributed by atoms with van der Waals surface area (Å²) >= 11 is 2.76. The van der Waals surface area contributed by atoms with Crippen LogP contribution in [0.5, 0.6) is 0 Å². The molecular formula is C19H25N7OS2. The van der Waals surface area contributed by atoms with Crippen molar-refractivity contribution < 1.29 is 4.79 Å². The van der Waals surface area contributed by atoms with E-state index in [0.29, 0.717) is 11.7 Å². The molecule has 8 nitrogen and oxygen atoms in total. The van der Waals surface area contributed by atoms with Gasteiger partial charge >= 0.3 is 0 Å². The molecule has 0 saturated heterocycles. The van der Waals surface area contributed by atoms with Crippen LogP contribution in [0, 0.1) is 13.8 Å². The smallest absolute Gasteiger partial charge is 0.236 e. The van der Waals surface area contributed by atoms with Crippen molar-refractivity contribution in [1.82, 2.24) is 25.0 Å². The van der Waals surface area contributed by atoms with E-state index >= 15 is 0 Å². The first-order valence-corrected chi connectivity index (χ1v) is 11.3. The number of aromatic nitrogens is 5. The number of carbonyl (C=O) groups is 1. The zero-order chi connectivity index (χ0) is 20.8. The first-order chi connectivity index (χ1) is 14.0. The molecule has 10 heteroatoms. The third-order valence-corrected chi connectivity index (χ3v) is 6.23. The summed E-state index contributed by atoms with van der Waals surface area (Å²) in [5.74, 6) is 0.949. The number of carbonyl (C=O) groups excluding carboxylic acids is 1. The monoisotopic (exact) mass is 431 g/mol. The van der Waals surface area contributed by atoms with Gasteiger partial charge in [0.1, 0.15) is 5.01 Å². The minimum atomic E-state index is -0.130. The third kappa shape index (κ3) is 5.54. The topological polar surface area (TPSA) is 97.6 Å². The summed E-state index contributed by atoms with van der Waals surface area (Å²) in [6.07, 6.45) is 0.806. The molecule has 0 aliphatic rings. The molecule has 154 valence electrons. The lowest BCUT2D eigenvalue weighted by atomic mass is 10.1. The van der Waals surface area contributed by atoms with Gasteiger partial charge in [-0.15, -0.1) is 20.4 Å². The van der Waals surface area contributed by atoms with Crippen molar-refractivity contribution in [2.75, 3.05) is 16.4 Å². The number of rotatable bonds is 9. The summed E-state index contributed by atoms with van der Waals surface area (Å²) < 4.78 is 2.02. The number of anilines is 2. The molecule has 1 aromatic carbocycles. The van der Waals surface area contributed by atoms with Crippen molar-refractivity contribution in [2.24, 2.45) is 0 Å². The van der Waals surface area contributed by atoms with Crippen LogP contribution in [-0.2, 0) is 24.3 Å². The fourth-order valence-corrected chi connectivity index (χ4v) is 4.31. The molecule has 0 saturated carbocycles. The molecule has 2 aromatic heterocycles. The van der Waals surface area contributed by atoms with Gasteiger partial charge in [-0.3, -0.25) is 10.1 Å². The summed E-state index contributed by atoms with van der Waals surface area (Å²) in [5.41, 5.74) is 3.52. The number of hydrogen-bond acceptors (Lipinski definition) is 8. The number of aryl methyl sites for hydroxylation is 3. The number of nitrogens with one attached hydrogen (secondary N) is 2. The van der Waals surface area contributed by atoms with Gasteiger partial charge in [0, 0.05) is 12.2 Å². The van der Waals surface area contributed by atoms with E-state index in [0.717, 1.165) is 34.6 Å². The predicted octanol–water partition coefficient (Wildman–Crippen LogP) is 3.67. The Hall–Kier alpha value is -2.46. The van der Waals surface area contributed by atoms with E-state index in [2.05, 4.69) is 63.1 Å². The third-order valence-electron chi connectivity index (χ3n) is 4.28. The van der Waals surface area contributed by atoms with E-state index in [1.807, 2.05) is 18.4 Å². The highest BCUT2D eigenvalue weighted by Crippen LogP contribution is 2.21. The van der Waals surface area contributed by atoms with Crippen molar-refractivity contribution >= 4 is 39.8 Å². The van der Waals surface area contributed by atoms with E-state index in [1.165, 1.54) is 34.2 Å². The standard InChI is InChI=1S/C19H25N7OS2/c1-5-17-23-24-18(29-17)21-16(27)11-28-19-25-22-15(26(19)6-2)10-20-14-8-7-12(3)9-13(14)4/h7-9,20H,5-6,10-11H2,1-4H3,(H,21,24,27). The second kappa shape index (κ2) is 9.84. The van der Waals surface area contributed by atoms with Crippen molar-refractivity contribution in [3.63, 3.8) is 0 Å². The van der Waals surface area contributed by atoms with Gasteiger partial charge in [0.05, 0.1) is 12.3 Å². The van der Waals surface area contributed by atoms with Gasteiger partial charge in [0.15, 0.2) is 11.0 Å². The highest BCUT2D eigenvalue weighted by molar-refractivity contribution is 7.99. The second-order valence-electron chi connectivity index (χ2n) is 6.51. The van der Waals surface area contributed by atoms with Gasteiger partial charge in [0.25, 0.3) is 0 Å². The zero-order valence-electron chi connectivity index (χ0n) is 17.0. The van der Waals surface area contributed by atoms with Crippen LogP contribution in [0.25, 0.3) is 0 Å². The van der Waals surface area contributed by atoms with Crippen LogP contribution in [-0.4, -0.2) is 36.6 Å². The van der Waals surface area contributed by atoms with E-state index in [-0.39, 0.29) is 11.7 Å². The Balaban J connectivity index is 1.57. The lowest BCUT2D eigenvalue weighted by Gasteiger charge is -2.11. The Labute approximate surface area is 178 Å². The van der Waals surface area contributed by atoms with Crippen molar-refractivity contribution in [3.8, 4) is 0 Å². The summed E-state index contributed by atoms with van der Waals surface area (Å²) in [6.45, 7) is 9.52. The summed E-state index contributed by atoms with van der Waals surface area (Å²) in [4.78, 5) is 12.2. The number of nitrogens with zero attached hydrogens (tertiary/aromatic N) is 5. The minimum absolute atomic E-state index is 0.130. The highest BCUT2D eigenvalue weighted by atomic mass is 32.2. The molecule has 0 bridgehead atoms. The van der Waals surface area contributed by atoms with Gasteiger partial charge in [-0.05, 0) is 38.8 Å². The molecule has 0 aliphatic heterocycles. The van der Waals surface area contributed by atoms with Gasteiger partial charge in [-0.2, -0.15) is 0 Å². The normalized spacial score (nSPS) is 10.9. The molecule has 2 N–H and O–H groups in total. The SMILES string of the molecule is CCc1nnc(NC(=O)CSc2nnc(CNc3ccc(C)cc3C)n2CC)s1. The Kier molecular flexibility index (Phi) is 7.21. The molecular weight excluding hydrogens is 406 g/mol. The zero-order valence-corrected chi connectivity index (χ0v) is 18.7. The molecule has 1 amide bonds. The van der Waals surface area contributed by atoms with E-state index in [9.17, 15) is 4.79 Å². The lowest BCUT2D eigenvalue weighted by Crippen LogP contribution is -2.15. The van der Waals surface area contributed by atoms with Crippen molar-refractivity contribution in [3.05, 3.63) is 40.2 Å².